The summed E-state index contributed by atoms with van der Waals surface area (Å²) in [5, 5.41) is 0.259. The van der Waals surface area contributed by atoms with Gasteiger partial charge in [0.05, 0.1) is 18.5 Å². The third-order valence-corrected chi connectivity index (χ3v) is 5.05. The molecule has 0 saturated carbocycles. The largest absolute Gasteiger partial charge is 0.472 e. The number of nitrogens with zero attached hydrogens (tertiary/aromatic N) is 1. The number of sulfonamides is 1. The first-order chi connectivity index (χ1) is 13.8. The van der Waals surface area contributed by atoms with E-state index in [0.717, 1.165) is 28.1 Å². The van der Waals surface area contributed by atoms with E-state index in [1.165, 1.54) is 29.7 Å². The molecular formula is C17H14ClF4N3O4S. The van der Waals surface area contributed by atoms with Crippen molar-refractivity contribution in [3.8, 4) is 0 Å². The molecule has 2 rings (SSSR count). The van der Waals surface area contributed by atoms with Crippen LogP contribution in [0, 0.1) is 5.82 Å². The zero-order chi connectivity index (χ0) is 22.7. The summed E-state index contributed by atoms with van der Waals surface area (Å²) in [6.07, 6.45) is -4.30. The maximum atomic E-state index is 14.4. The van der Waals surface area contributed by atoms with Gasteiger partial charge in [0, 0.05) is 16.1 Å². The lowest BCUT2D eigenvalue weighted by Gasteiger charge is -2.23. The topological polar surface area (TPSA) is 95.6 Å². The van der Waals surface area contributed by atoms with E-state index in [2.05, 4.69) is 0 Å². The molecule has 2 aromatic carbocycles. The van der Waals surface area contributed by atoms with E-state index < -0.39 is 45.9 Å². The van der Waals surface area contributed by atoms with Crippen molar-refractivity contribution >= 4 is 39.1 Å². The summed E-state index contributed by atoms with van der Waals surface area (Å²) in [5.74, 6) is -4.59. The van der Waals surface area contributed by atoms with Gasteiger partial charge in [0.15, 0.2) is 0 Å². The van der Waals surface area contributed by atoms with Crippen LogP contribution < -0.4 is 15.2 Å². The molecule has 0 spiro atoms. The van der Waals surface area contributed by atoms with Crippen LogP contribution in [-0.4, -0.2) is 32.7 Å². The minimum atomic E-state index is -5.21. The Kier molecular flexibility index (Phi) is 6.93. The van der Waals surface area contributed by atoms with E-state index in [4.69, 9.17) is 11.6 Å². The van der Waals surface area contributed by atoms with Crippen LogP contribution in [0.3, 0.4) is 0 Å². The number of alkyl halides is 3. The predicted octanol–water partition coefficient (Wildman–Crippen LogP) is 2.77. The van der Waals surface area contributed by atoms with Gasteiger partial charge >= 0.3 is 12.1 Å². The Balaban J connectivity index is 2.21. The first kappa shape index (κ1) is 23.4. The number of hydrogen-bond acceptors (Lipinski definition) is 4. The second-order valence-electron chi connectivity index (χ2n) is 5.96. The van der Waals surface area contributed by atoms with Gasteiger partial charge in [0.1, 0.15) is 5.82 Å². The number of amides is 2. The van der Waals surface area contributed by atoms with Gasteiger partial charge in [-0.05, 0) is 30.3 Å². The maximum Gasteiger partial charge on any atom is 0.472 e. The molecule has 162 valence electrons. The minimum absolute atomic E-state index is 0.115. The zero-order valence-electron chi connectivity index (χ0n) is 15.1. The fourth-order valence-corrected chi connectivity index (χ4v) is 3.31. The molecule has 0 bridgehead atoms. The molecule has 13 heteroatoms. The van der Waals surface area contributed by atoms with Crippen molar-refractivity contribution < 1.29 is 35.6 Å². The van der Waals surface area contributed by atoms with Crippen molar-refractivity contribution in [2.45, 2.75) is 12.7 Å². The summed E-state index contributed by atoms with van der Waals surface area (Å²) in [5.41, 5.74) is 2.32. The van der Waals surface area contributed by atoms with Crippen molar-refractivity contribution in [3.63, 3.8) is 0 Å². The van der Waals surface area contributed by atoms with Crippen LogP contribution in [0.4, 0.5) is 23.2 Å². The second-order valence-corrected chi connectivity index (χ2v) is 8.30. The molecule has 30 heavy (non-hydrogen) atoms. The molecule has 2 aromatic rings. The number of nitrogens with one attached hydrogen (secondary N) is 2. The molecule has 0 heterocycles. The highest BCUT2D eigenvalue weighted by atomic mass is 35.5. The Morgan fingerprint density at radius 3 is 2.30 bits per heavy atom. The van der Waals surface area contributed by atoms with Gasteiger partial charge in [0.2, 0.25) is 10.0 Å². The second kappa shape index (κ2) is 8.88. The maximum absolute atomic E-state index is 14.4. The Bertz CT molecular complexity index is 1080. The predicted molar refractivity (Wildman–Crippen MR) is 101 cm³/mol. The summed E-state index contributed by atoms with van der Waals surface area (Å²) in [7, 11) is -3.83. The molecule has 0 fully saturated rings. The summed E-state index contributed by atoms with van der Waals surface area (Å²) in [6.45, 7) is -0.433. The number of rotatable bonds is 5. The first-order valence-electron chi connectivity index (χ1n) is 7.98. The number of halogens is 5. The van der Waals surface area contributed by atoms with Gasteiger partial charge in [-0.3, -0.25) is 24.7 Å². The highest BCUT2D eigenvalue weighted by Crippen LogP contribution is 2.25. The number of carbonyl (C=O) groups excluding carboxylic acids is 2. The van der Waals surface area contributed by atoms with Crippen LogP contribution in [-0.2, 0) is 21.4 Å². The van der Waals surface area contributed by atoms with Crippen molar-refractivity contribution in [1.29, 1.82) is 0 Å². The van der Waals surface area contributed by atoms with Gasteiger partial charge in [-0.25, -0.2) is 12.8 Å². The van der Waals surface area contributed by atoms with Gasteiger partial charge < -0.3 is 0 Å². The van der Waals surface area contributed by atoms with Gasteiger partial charge in [-0.15, -0.1) is 0 Å². The molecule has 2 amide bonds. The molecule has 0 aliphatic rings. The Morgan fingerprint density at radius 2 is 1.77 bits per heavy atom. The molecule has 0 aliphatic heterocycles. The van der Waals surface area contributed by atoms with Crippen LogP contribution >= 0.6 is 11.6 Å². The van der Waals surface area contributed by atoms with E-state index in [9.17, 15) is 35.6 Å². The molecular weight excluding hydrogens is 454 g/mol. The lowest BCUT2D eigenvalue weighted by Crippen LogP contribution is -2.47. The smallest absolute Gasteiger partial charge is 0.267 e. The highest BCUT2D eigenvalue weighted by molar-refractivity contribution is 7.92. The monoisotopic (exact) mass is 467 g/mol. The minimum Gasteiger partial charge on any atom is -0.267 e. The lowest BCUT2D eigenvalue weighted by molar-refractivity contribution is -0.174. The number of benzene rings is 2. The van der Waals surface area contributed by atoms with Crippen LogP contribution in [0.2, 0.25) is 5.02 Å². The van der Waals surface area contributed by atoms with Crippen LogP contribution in [0.25, 0.3) is 0 Å². The van der Waals surface area contributed by atoms with E-state index >= 15 is 0 Å². The fourth-order valence-electron chi connectivity index (χ4n) is 2.26. The SMILES string of the molecule is CS(=O)(=O)N(Cc1ccc(C(=O)NNC(=O)C(F)(F)F)cc1F)c1cccc(Cl)c1. The standard InChI is InChI=1S/C17H14ClF4N3O4S/c1-30(28,29)25(13-4-2-3-12(18)8-13)9-11-6-5-10(7-14(11)19)15(26)23-24-16(27)17(20,21)22/h2-8H,9H2,1H3,(H,23,26)(H,24,27). The Hall–Kier alpha value is -2.86. The summed E-state index contributed by atoms with van der Waals surface area (Å²) < 4.78 is 75.9. The molecule has 0 saturated heterocycles. The Labute approximate surface area is 173 Å². The molecule has 7 nitrogen and oxygen atoms in total. The Morgan fingerprint density at radius 1 is 1.10 bits per heavy atom. The number of anilines is 1. The van der Waals surface area contributed by atoms with Crippen LogP contribution in [0.1, 0.15) is 15.9 Å². The third-order valence-electron chi connectivity index (χ3n) is 3.67. The number of carbonyl (C=O) groups is 2. The molecule has 0 unspecified atom stereocenters. The van der Waals surface area contributed by atoms with Gasteiger partial charge in [-0.2, -0.15) is 13.2 Å². The summed E-state index contributed by atoms with van der Waals surface area (Å²) in [6, 6.07) is 8.71. The van der Waals surface area contributed by atoms with Crippen molar-refractivity contribution in [2.75, 3.05) is 10.6 Å². The normalized spacial score (nSPS) is 11.7. The van der Waals surface area contributed by atoms with E-state index in [-0.39, 0.29) is 16.3 Å². The highest BCUT2D eigenvalue weighted by Gasteiger charge is 2.39. The number of hydrogen-bond donors (Lipinski definition) is 2. The van der Waals surface area contributed by atoms with Crippen molar-refractivity contribution in [2.24, 2.45) is 0 Å². The zero-order valence-corrected chi connectivity index (χ0v) is 16.7. The van der Waals surface area contributed by atoms with Crippen LogP contribution in [0.5, 0.6) is 0 Å². The van der Waals surface area contributed by atoms with Crippen molar-refractivity contribution in [3.05, 3.63) is 64.4 Å². The molecule has 0 radical (unpaired) electrons. The molecule has 2 N–H and O–H groups in total. The van der Waals surface area contributed by atoms with E-state index in [1.54, 1.807) is 0 Å². The van der Waals surface area contributed by atoms with Gasteiger partial charge in [-0.1, -0.05) is 23.7 Å². The molecule has 0 atom stereocenters. The molecule has 0 aliphatic carbocycles. The summed E-state index contributed by atoms with van der Waals surface area (Å²) >= 11 is 5.87. The third kappa shape index (κ3) is 6.07. The lowest BCUT2D eigenvalue weighted by atomic mass is 10.1. The summed E-state index contributed by atoms with van der Waals surface area (Å²) in [4.78, 5) is 22.5. The first-order valence-corrected chi connectivity index (χ1v) is 10.2. The van der Waals surface area contributed by atoms with Gasteiger partial charge in [0.25, 0.3) is 5.91 Å². The van der Waals surface area contributed by atoms with E-state index in [0.29, 0.717) is 6.07 Å². The quantitative estimate of drug-likeness (QED) is 0.522. The molecule has 0 aromatic heterocycles. The number of hydrazine groups is 1. The fraction of sp³-hybridized carbons (Fsp3) is 0.176. The average molecular weight is 468 g/mol. The van der Waals surface area contributed by atoms with Crippen molar-refractivity contribution in [1.82, 2.24) is 10.9 Å². The van der Waals surface area contributed by atoms with Crippen LogP contribution in [0.15, 0.2) is 42.5 Å². The average Bonchev–Trinajstić information content (AvgIpc) is 2.62. The van der Waals surface area contributed by atoms with E-state index in [1.807, 2.05) is 0 Å².